The molecule has 0 atom stereocenters. The number of nitrogens with zero attached hydrogens (tertiary/aromatic N) is 2. The highest BCUT2D eigenvalue weighted by molar-refractivity contribution is 5.93. The maximum absolute atomic E-state index is 11.7. The molecule has 8 nitrogen and oxygen atoms in total. The van der Waals surface area contributed by atoms with E-state index in [1.807, 2.05) is 0 Å². The van der Waals surface area contributed by atoms with E-state index in [0.29, 0.717) is 5.69 Å². The molecule has 2 aromatic heterocycles. The van der Waals surface area contributed by atoms with Crippen molar-refractivity contribution in [3.8, 4) is 0 Å². The summed E-state index contributed by atoms with van der Waals surface area (Å²) in [6.45, 7) is 0.489. The molecule has 0 aliphatic rings. The molecule has 2 amide bonds. The summed E-state index contributed by atoms with van der Waals surface area (Å²) in [6, 6.07) is 7.56. The Kier molecular flexibility index (Phi) is 4.75. The first-order valence-corrected chi connectivity index (χ1v) is 6.20. The third kappa shape index (κ3) is 4.23. The highest BCUT2D eigenvalue weighted by Crippen LogP contribution is 1.92. The molecule has 2 aromatic rings. The van der Waals surface area contributed by atoms with E-state index >= 15 is 0 Å². The molecule has 2 heterocycles. The average Bonchev–Trinajstić information content (AvgIpc) is 2.52. The molecule has 0 radical (unpaired) electrons. The molecule has 0 bridgehead atoms. The second-order valence-corrected chi connectivity index (χ2v) is 4.03. The predicted octanol–water partition coefficient (Wildman–Crippen LogP) is -0.675. The van der Waals surface area contributed by atoms with Gasteiger partial charge in [0.2, 0.25) is 0 Å². The minimum atomic E-state index is -0.432. The van der Waals surface area contributed by atoms with Gasteiger partial charge >= 0.3 is 0 Å². The highest BCUT2D eigenvalue weighted by atomic mass is 16.2. The Morgan fingerprint density at radius 2 is 1.71 bits per heavy atom. The fraction of sp³-hybridized carbons (Fsp3) is 0.154. The molecule has 3 N–H and O–H groups in total. The lowest BCUT2D eigenvalue weighted by atomic mass is 10.3. The average molecular weight is 287 g/mol. The normalized spacial score (nSPS) is 9.90. The Hall–Kier alpha value is -3.03. The summed E-state index contributed by atoms with van der Waals surface area (Å²) in [5.74, 6) is -0.745. The van der Waals surface area contributed by atoms with Gasteiger partial charge in [0.1, 0.15) is 11.4 Å². The van der Waals surface area contributed by atoms with Crippen LogP contribution in [0.25, 0.3) is 0 Å². The van der Waals surface area contributed by atoms with E-state index in [2.05, 4.69) is 25.8 Å². The number of amides is 2. The Balaban J connectivity index is 1.75. The van der Waals surface area contributed by atoms with Crippen LogP contribution in [0.1, 0.15) is 21.0 Å². The first-order chi connectivity index (χ1) is 10.2. The molecule has 0 aliphatic heterocycles. The molecule has 0 unspecified atom stereocenters. The minimum Gasteiger partial charge on any atom is -0.349 e. The zero-order valence-corrected chi connectivity index (χ0v) is 11.0. The largest absolute Gasteiger partial charge is 0.349 e. The highest BCUT2D eigenvalue weighted by Gasteiger charge is 2.08. The van der Waals surface area contributed by atoms with Crippen LogP contribution in [0.4, 0.5) is 0 Å². The number of hydrogen-bond acceptors (Lipinski definition) is 5. The molecular weight excluding hydrogens is 274 g/mol. The van der Waals surface area contributed by atoms with Gasteiger partial charge in [-0.25, -0.2) is 5.10 Å². The van der Waals surface area contributed by atoms with E-state index in [0.717, 1.165) is 0 Å². The monoisotopic (exact) mass is 287 g/mol. The molecule has 0 saturated carbocycles. The first-order valence-electron chi connectivity index (χ1n) is 6.20. The summed E-state index contributed by atoms with van der Waals surface area (Å²) in [5.41, 5.74) is 0.0333. The number of carbonyl (C=O) groups is 2. The second kappa shape index (κ2) is 6.94. The molecule has 8 heteroatoms. The van der Waals surface area contributed by atoms with Gasteiger partial charge in [-0.05, 0) is 18.2 Å². The number of H-pyrrole nitrogens is 1. The van der Waals surface area contributed by atoms with Gasteiger partial charge in [0.15, 0.2) is 0 Å². The van der Waals surface area contributed by atoms with Crippen LogP contribution in [0.2, 0.25) is 0 Å². The summed E-state index contributed by atoms with van der Waals surface area (Å²) in [4.78, 5) is 38.0. The second-order valence-electron chi connectivity index (χ2n) is 4.03. The van der Waals surface area contributed by atoms with E-state index in [1.54, 1.807) is 18.2 Å². The Morgan fingerprint density at radius 3 is 2.29 bits per heavy atom. The van der Waals surface area contributed by atoms with Gasteiger partial charge in [0, 0.05) is 25.4 Å². The molecule has 0 aliphatic carbocycles. The van der Waals surface area contributed by atoms with Crippen LogP contribution in [0.3, 0.4) is 0 Å². The number of aromatic nitrogens is 3. The molecule has 0 spiro atoms. The lowest BCUT2D eigenvalue weighted by molar-refractivity contribution is 0.0922. The fourth-order valence-corrected chi connectivity index (χ4v) is 1.50. The third-order valence-electron chi connectivity index (χ3n) is 2.51. The van der Waals surface area contributed by atoms with Crippen LogP contribution in [-0.2, 0) is 0 Å². The van der Waals surface area contributed by atoms with E-state index in [4.69, 9.17) is 0 Å². The molecule has 0 fully saturated rings. The van der Waals surface area contributed by atoms with Crippen molar-refractivity contribution in [2.24, 2.45) is 0 Å². The van der Waals surface area contributed by atoms with Crippen LogP contribution in [0.15, 0.2) is 41.3 Å². The summed E-state index contributed by atoms with van der Waals surface area (Å²) in [6.07, 6.45) is 1.53. The molecule has 0 aromatic carbocycles. The van der Waals surface area contributed by atoms with Crippen molar-refractivity contribution >= 4 is 11.8 Å². The van der Waals surface area contributed by atoms with Crippen molar-refractivity contribution in [2.75, 3.05) is 13.1 Å². The molecular formula is C13H13N5O3. The SMILES string of the molecule is O=C(NCCNC(=O)c1ccc(=O)[nH]n1)c1ccccn1. The maximum atomic E-state index is 11.7. The Labute approximate surface area is 119 Å². The van der Waals surface area contributed by atoms with Gasteiger partial charge < -0.3 is 10.6 Å². The van der Waals surface area contributed by atoms with Gasteiger partial charge in [-0.3, -0.25) is 19.4 Å². The van der Waals surface area contributed by atoms with Gasteiger partial charge in [0.05, 0.1) is 0 Å². The van der Waals surface area contributed by atoms with Gasteiger partial charge in [-0.1, -0.05) is 6.07 Å². The number of carbonyl (C=O) groups excluding carboxylic acids is 2. The van der Waals surface area contributed by atoms with Crippen LogP contribution in [0.5, 0.6) is 0 Å². The summed E-state index contributed by atoms with van der Waals surface area (Å²) < 4.78 is 0. The molecule has 2 rings (SSSR count). The maximum Gasteiger partial charge on any atom is 0.271 e. The number of pyridine rings is 1. The topological polar surface area (TPSA) is 117 Å². The first kappa shape index (κ1) is 14.4. The van der Waals surface area contributed by atoms with Crippen molar-refractivity contribution < 1.29 is 9.59 Å². The number of aromatic amines is 1. The summed E-state index contributed by atoms with van der Waals surface area (Å²) >= 11 is 0. The van der Waals surface area contributed by atoms with Crippen molar-refractivity contribution in [3.05, 3.63) is 58.3 Å². The number of rotatable bonds is 5. The lowest BCUT2D eigenvalue weighted by Gasteiger charge is -2.06. The van der Waals surface area contributed by atoms with E-state index in [-0.39, 0.29) is 30.2 Å². The molecule has 108 valence electrons. The van der Waals surface area contributed by atoms with Crippen molar-refractivity contribution in [2.45, 2.75) is 0 Å². The lowest BCUT2D eigenvalue weighted by Crippen LogP contribution is -2.35. The summed E-state index contributed by atoms with van der Waals surface area (Å²) in [7, 11) is 0. The summed E-state index contributed by atoms with van der Waals surface area (Å²) in [5, 5.41) is 10.9. The van der Waals surface area contributed by atoms with E-state index < -0.39 is 5.91 Å². The predicted molar refractivity (Wildman–Crippen MR) is 73.8 cm³/mol. The molecule has 21 heavy (non-hydrogen) atoms. The smallest absolute Gasteiger partial charge is 0.271 e. The molecule has 0 saturated heterocycles. The van der Waals surface area contributed by atoms with Crippen LogP contribution >= 0.6 is 0 Å². The van der Waals surface area contributed by atoms with Crippen molar-refractivity contribution in [3.63, 3.8) is 0 Å². The van der Waals surface area contributed by atoms with Crippen LogP contribution in [-0.4, -0.2) is 40.1 Å². The van der Waals surface area contributed by atoms with Crippen molar-refractivity contribution in [1.82, 2.24) is 25.8 Å². The van der Waals surface area contributed by atoms with Crippen molar-refractivity contribution in [1.29, 1.82) is 0 Å². The van der Waals surface area contributed by atoms with Gasteiger partial charge in [0.25, 0.3) is 17.4 Å². The third-order valence-corrected chi connectivity index (χ3v) is 2.51. The fourth-order valence-electron chi connectivity index (χ4n) is 1.50. The van der Waals surface area contributed by atoms with E-state index in [9.17, 15) is 14.4 Å². The number of hydrogen-bond donors (Lipinski definition) is 3. The van der Waals surface area contributed by atoms with Gasteiger partial charge in [-0.2, -0.15) is 5.10 Å². The quantitative estimate of drug-likeness (QED) is 0.630. The number of nitrogens with one attached hydrogen (secondary N) is 3. The van der Waals surface area contributed by atoms with E-state index in [1.165, 1.54) is 18.3 Å². The van der Waals surface area contributed by atoms with Crippen LogP contribution in [0, 0.1) is 0 Å². The standard InChI is InChI=1S/C13H13N5O3/c19-11-5-4-10(17-18-11)13(21)16-8-7-15-12(20)9-3-1-2-6-14-9/h1-6H,7-8H2,(H,15,20)(H,16,21)(H,18,19). The Bertz CT molecular complexity index is 663. The van der Waals surface area contributed by atoms with Crippen LogP contribution < -0.4 is 16.2 Å². The zero-order valence-electron chi connectivity index (χ0n) is 11.0. The van der Waals surface area contributed by atoms with Gasteiger partial charge in [-0.15, -0.1) is 0 Å². The Morgan fingerprint density at radius 1 is 1.00 bits per heavy atom. The zero-order chi connectivity index (χ0) is 15.1. The minimum absolute atomic E-state index is 0.102.